The molecule has 1 saturated heterocycles. The number of aromatic nitrogens is 3. The molecule has 2 aromatic heterocycles. The zero-order valence-corrected chi connectivity index (χ0v) is 21.8. The van der Waals surface area contributed by atoms with Gasteiger partial charge in [-0.05, 0) is 42.8 Å². The number of carbonyl (C=O) groups excluding carboxylic acids is 1. The van der Waals surface area contributed by atoms with Crippen LogP contribution in [0.25, 0.3) is 28.0 Å². The van der Waals surface area contributed by atoms with Crippen LogP contribution in [0.5, 0.6) is 5.75 Å². The van der Waals surface area contributed by atoms with Gasteiger partial charge in [-0.2, -0.15) is 5.10 Å². The fourth-order valence-electron chi connectivity index (χ4n) is 5.24. The predicted molar refractivity (Wildman–Crippen MR) is 150 cm³/mol. The number of fused-ring (bicyclic) bond motifs is 1. The molecular weight excluding hydrogens is 493 g/mol. The number of halogens is 1. The molecule has 0 aliphatic carbocycles. The van der Waals surface area contributed by atoms with Crippen molar-refractivity contribution in [1.82, 2.24) is 19.5 Å². The molecule has 1 aliphatic heterocycles. The van der Waals surface area contributed by atoms with Crippen LogP contribution < -0.4 is 9.64 Å². The summed E-state index contributed by atoms with van der Waals surface area (Å²) in [6.07, 6.45) is 0. The summed E-state index contributed by atoms with van der Waals surface area (Å²) in [6.45, 7) is 3.96. The molecule has 0 spiro atoms. The minimum Gasteiger partial charge on any atom is -0.496 e. The van der Waals surface area contributed by atoms with E-state index in [1.54, 1.807) is 34.7 Å². The number of carbonyl (C=O) groups is 1. The second kappa shape index (κ2) is 10.2. The summed E-state index contributed by atoms with van der Waals surface area (Å²) in [6, 6.07) is 26.2. The average Bonchev–Trinajstić information content (AvgIpc) is 3.32. The first-order valence-electron chi connectivity index (χ1n) is 12.9. The summed E-state index contributed by atoms with van der Waals surface area (Å²) in [5.41, 5.74) is 5.70. The van der Waals surface area contributed by atoms with E-state index in [0.717, 1.165) is 28.1 Å². The Hall–Kier alpha value is -4.72. The highest BCUT2D eigenvalue weighted by Gasteiger charge is 2.27. The predicted octanol–water partition coefficient (Wildman–Crippen LogP) is 5.48. The van der Waals surface area contributed by atoms with E-state index in [-0.39, 0.29) is 11.7 Å². The van der Waals surface area contributed by atoms with Crippen LogP contribution in [-0.4, -0.2) is 58.7 Å². The van der Waals surface area contributed by atoms with Gasteiger partial charge in [0, 0.05) is 37.3 Å². The average molecular weight is 522 g/mol. The number of anilines is 1. The molecule has 0 saturated carbocycles. The maximum Gasteiger partial charge on any atom is 0.272 e. The van der Waals surface area contributed by atoms with Crippen LogP contribution in [-0.2, 0) is 0 Å². The third kappa shape index (κ3) is 4.48. The number of para-hydroxylation sites is 2. The number of rotatable bonds is 5. The Bertz CT molecular complexity index is 1660. The van der Waals surface area contributed by atoms with Crippen molar-refractivity contribution in [3.63, 3.8) is 0 Å². The number of aryl methyl sites for hydroxylation is 1. The van der Waals surface area contributed by atoms with E-state index < -0.39 is 0 Å². The van der Waals surface area contributed by atoms with Gasteiger partial charge in [0.1, 0.15) is 17.3 Å². The van der Waals surface area contributed by atoms with Crippen molar-refractivity contribution in [2.45, 2.75) is 6.92 Å². The van der Waals surface area contributed by atoms with Crippen LogP contribution in [0.15, 0.2) is 84.9 Å². The molecule has 0 atom stereocenters. The summed E-state index contributed by atoms with van der Waals surface area (Å²) >= 11 is 0. The largest absolute Gasteiger partial charge is 0.496 e. The number of hydrogen-bond donors (Lipinski definition) is 0. The molecule has 1 fully saturated rings. The Morgan fingerprint density at radius 1 is 0.897 bits per heavy atom. The van der Waals surface area contributed by atoms with E-state index in [1.807, 2.05) is 72.5 Å². The monoisotopic (exact) mass is 521 g/mol. The van der Waals surface area contributed by atoms with Crippen molar-refractivity contribution in [3.8, 4) is 28.1 Å². The van der Waals surface area contributed by atoms with Crippen LogP contribution in [0.1, 0.15) is 16.2 Å². The lowest BCUT2D eigenvalue weighted by Crippen LogP contribution is -2.49. The van der Waals surface area contributed by atoms with Gasteiger partial charge in [0.15, 0.2) is 5.65 Å². The second-order valence-corrected chi connectivity index (χ2v) is 9.52. The molecule has 3 aromatic carbocycles. The first kappa shape index (κ1) is 24.6. The fourth-order valence-corrected chi connectivity index (χ4v) is 5.24. The van der Waals surface area contributed by atoms with Gasteiger partial charge >= 0.3 is 0 Å². The van der Waals surface area contributed by atoms with Crippen LogP contribution in [0.3, 0.4) is 0 Å². The van der Waals surface area contributed by atoms with E-state index >= 15 is 0 Å². The quantitative estimate of drug-likeness (QED) is 0.306. The molecule has 1 amide bonds. The van der Waals surface area contributed by atoms with Gasteiger partial charge in [-0.1, -0.05) is 54.6 Å². The summed E-state index contributed by atoms with van der Waals surface area (Å²) in [7, 11) is 1.63. The third-order valence-corrected chi connectivity index (χ3v) is 7.19. The Morgan fingerprint density at radius 3 is 2.33 bits per heavy atom. The number of nitrogens with zero attached hydrogens (tertiary/aromatic N) is 5. The number of ether oxygens (including phenoxy) is 1. The van der Waals surface area contributed by atoms with Gasteiger partial charge in [0.05, 0.1) is 24.2 Å². The SMILES string of the molecule is COc1ccccc1-c1cc(C(=O)N2CCN(c3ccccc3F)CC2)nc2c(-c3ccccc3)c(C)nn12. The normalized spacial score (nSPS) is 13.6. The minimum atomic E-state index is -0.254. The Morgan fingerprint density at radius 2 is 1.59 bits per heavy atom. The summed E-state index contributed by atoms with van der Waals surface area (Å²) in [5, 5.41) is 4.84. The van der Waals surface area contributed by atoms with Gasteiger partial charge in [0.2, 0.25) is 0 Å². The van der Waals surface area contributed by atoms with Crippen molar-refractivity contribution in [3.05, 3.63) is 102 Å². The molecule has 1 aliphatic rings. The standard InChI is InChI=1S/C31H28FN5O2/c1-21-29(22-10-4-3-5-11-22)30-33-25(20-27(37(30)34-21)23-12-6-9-15-28(23)39-2)31(38)36-18-16-35(17-19-36)26-14-8-7-13-24(26)32/h3-15,20H,16-19H2,1-2H3. The summed E-state index contributed by atoms with van der Waals surface area (Å²) in [5.74, 6) is 0.256. The van der Waals surface area contributed by atoms with Crippen LogP contribution >= 0.6 is 0 Å². The molecule has 196 valence electrons. The Labute approximate surface area is 226 Å². The lowest BCUT2D eigenvalue weighted by atomic mass is 10.1. The molecule has 3 heterocycles. The van der Waals surface area contributed by atoms with Crippen molar-refractivity contribution in [1.29, 1.82) is 0 Å². The molecule has 6 rings (SSSR count). The maximum absolute atomic E-state index is 14.3. The molecule has 39 heavy (non-hydrogen) atoms. The highest BCUT2D eigenvalue weighted by molar-refractivity contribution is 5.95. The minimum absolute atomic E-state index is 0.167. The van der Waals surface area contributed by atoms with E-state index in [0.29, 0.717) is 49.0 Å². The number of methoxy groups -OCH3 is 1. The first-order valence-corrected chi connectivity index (χ1v) is 12.9. The van der Waals surface area contributed by atoms with Gasteiger partial charge in [-0.3, -0.25) is 4.79 Å². The zero-order chi connectivity index (χ0) is 26.9. The molecule has 8 heteroatoms. The van der Waals surface area contributed by atoms with E-state index in [9.17, 15) is 9.18 Å². The highest BCUT2D eigenvalue weighted by atomic mass is 19.1. The van der Waals surface area contributed by atoms with Crippen LogP contribution in [0.2, 0.25) is 0 Å². The number of amides is 1. The Balaban J connectivity index is 1.42. The van der Waals surface area contributed by atoms with Gasteiger partial charge in [-0.15, -0.1) is 0 Å². The van der Waals surface area contributed by atoms with Crippen molar-refractivity contribution < 1.29 is 13.9 Å². The molecule has 5 aromatic rings. The smallest absolute Gasteiger partial charge is 0.272 e. The van der Waals surface area contributed by atoms with E-state index in [4.69, 9.17) is 14.8 Å². The van der Waals surface area contributed by atoms with E-state index in [1.165, 1.54) is 6.07 Å². The van der Waals surface area contributed by atoms with Gasteiger partial charge < -0.3 is 14.5 Å². The molecule has 0 radical (unpaired) electrons. The number of hydrogen-bond acceptors (Lipinski definition) is 5. The molecule has 0 unspecified atom stereocenters. The van der Waals surface area contributed by atoms with Crippen molar-refractivity contribution >= 4 is 17.2 Å². The fraction of sp³-hybridized carbons (Fsp3) is 0.194. The first-order chi connectivity index (χ1) is 19.0. The van der Waals surface area contributed by atoms with E-state index in [2.05, 4.69) is 0 Å². The van der Waals surface area contributed by atoms with Gasteiger partial charge in [0.25, 0.3) is 5.91 Å². The lowest BCUT2D eigenvalue weighted by molar-refractivity contribution is 0.0741. The molecule has 0 bridgehead atoms. The molecule has 0 N–H and O–H groups in total. The zero-order valence-electron chi connectivity index (χ0n) is 21.8. The summed E-state index contributed by atoms with van der Waals surface area (Å²) in [4.78, 5) is 22.5. The van der Waals surface area contributed by atoms with Gasteiger partial charge in [-0.25, -0.2) is 13.9 Å². The number of benzene rings is 3. The lowest BCUT2D eigenvalue weighted by Gasteiger charge is -2.36. The molecular formula is C31H28FN5O2. The highest BCUT2D eigenvalue weighted by Crippen LogP contribution is 2.34. The number of piperazine rings is 1. The molecule has 7 nitrogen and oxygen atoms in total. The van der Waals surface area contributed by atoms with Crippen molar-refractivity contribution in [2.24, 2.45) is 0 Å². The second-order valence-electron chi connectivity index (χ2n) is 9.52. The van der Waals surface area contributed by atoms with Crippen molar-refractivity contribution in [2.75, 3.05) is 38.2 Å². The Kier molecular flexibility index (Phi) is 6.44. The van der Waals surface area contributed by atoms with Crippen LogP contribution in [0.4, 0.5) is 10.1 Å². The topological polar surface area (TPSA) is 63.0 Å². The summed E-state index contributed by atoms with van der Waals surface area (Å²) < 4.78 is 21.8. The van der Waals surface area contributed by atoms with Crippen LogP contribution in [0, 0.1) is 12.7 Å². The maximum atomic E-state index is 14.3. The third-order valence-electron chi connectivity index (χ3n) is 7.19.